The van der Waals surface area contributed by atoms with Crippen molar-refractivity contribution < 1.29 is 73.6 Å². The second-order valence-corrected chi connectivity index (χ2v) is 8.96. The molecule has 0 amide bonds. The first-order chi connectivity index (χ1) is 11.3. The molecule has 0 heterocycles. The molecule has 2 fully saturated rings. The van der Waals surface area contributed by atoms with Crippen LogP contribution in [-0.4, -0.2) is 19.1 Å². The van der Waals surface area contributed by atoms with Crippen molar-refractivity contribution in [3.8, 4) is 5.75 Å². The summed E-state index contributed by atoms with van der Waals surface area (Å²) in [5.74, 6) is 1.44. The van der Waals surface area contributed by atoms with Gasteiger partial charge in [-0.3, -0.25) is 4.55 Å². The van der Waals surface area contributed by atoms with Gasteiger partial charge in [-0.25, -0.2) is 4.18 Å². The van der Waals surface area contributed by atoms with Gasteiger partial charge in [-0.15, -0.1) is 5.75 Å². The van der Waals surface area contributed by atoms with E-state index in [9.17, 15) is 13.5 Å². The van der Waals surface area contributed by atoms with Crippen LogP contribution in [0.15, 0.2) is 18.2 Å². The van der Waals surface area contributed by atoms with Gasteiger partial charge in [0.2, 0.25) is 0 Å². The second-order valence-electron chi connectivity index (χ2n) is 7.91. The molecule has 0 spiro atoms. The molecular formula is C18H23KO5S. The van der Waals surface area contributed by atoms with Gasteiger partial charge in [0.15, 0.2) is 0 Å². The Bertz CT molecular complexity index is 765. The Morgan fingerprint density at radius 3 is 2.72 bits per heavy atom. The summed E-state index contributed by atoms with van der Waals surface area (Å²) in [5.41, 5.74) is 2.30. The van der Waals surface area contributed by atoms with Gasteiger partial charge >= 0.3 is 61.8 Å². The van der Waals surface area contributed by atoms with Crippen LogP contribution in [0.4, 0.5) is 0 Å². The van der Waals surface area contributed by atoms with Gasteiger partial charge in [0, 0.05) is 0 Å². The number of aryl methyl sites for hydroxylation is 1. The minimum absolute atomic E-state index is 0. The summed E-state index contributed by atoms with van der Waals surface area (Å²) in [5, 5.41) is 11.6. The van der Waals surface area contributed by atoms with Gasteiger partial charge in [-0.2, -0.15) is 8.42 Å². The van der Waals surface area contributed by atoms with E-state index in [1.165, 1.54) is 11.1 Å². The van der Waals surface area contributed by atoms with E-state index in [1.54, 1.807) is 12.1 Å². The fourth-order valence-electron chi connectivity index (χ4n) is 5.82. The van der Waals surface area contributed by atoms with Gasteiger partial charge in [0.25, 0.3) is 0 Å². The van der Waals surface area contributed by atoms with Crippen molar-refractivity contribution in [2.75, 3.05) is 0 Å². The molecule has 0 aromatic heterocycles. The van der Waals surface area contributed by atoms with E-state index in [4.69, 9.17) is 8.74 Å². The molecular weight excluding hydrogens is 367 g/mol. The van der Waals surface area contributed by atoms with Gasteiger partial charge in [0.05, 0.1) is 6.10 Å². The average molecular weight is 391 g/mol. The Morgan fingerprint density at radius 2 is 2.00 bits per heavy atom. The van der Waals surface area contributed by atoms with Crippen molar-refractivity contribution in [2.24, 2.45) is 17.3 Å². The van der Waals surface area contributed by atoms with Crippen LogP contribution in [-0.2, 0) is 21.0 Å². The van der Waals surface area contributed by atoms with Gasteiger partial charge in [-0.05, 0) is 72.8 Å². The molecule has 3 aliphatic carbocycles. The van der Waals surface area contributed by atoms with Crippen molar-refractivity contribution in [2.45, 2.75) is 57.5 Å². The molecule has 5 nitrogen and oxygen atoms in total. The fourth-order valence-corrected chi connectivity index (χ4v) is 6.43. The molecule has 1 N–H and O–H groups in total. The Kier molecular flexibility index (Phi) is 5.81. The molecule has 3 aliphatic rings. The van der Waals surface area contributed by atoms with Gasteiger partial charge in [-0.1, -0.05) is 25.1 Å². The summed E-state index contributed by atoms with van der Waals surface area (Å²) in [6.07, 6.45) is 5.02. The average Bonchev–Trinajstić information content (AvgIpc) is 2.82. The fraction of sp³-hybridized carbons (Fsp3) is 0.667. The number of rotatable bonds is 2. The first kappa shape index (κ1) is 20.3. The van der Waals surface area contributed by atoms with E-state index in [-0.39, 0.29) is 62.5 Å². The maximum Gasteiger partial charge on any atom is 1.00 e. The van der Waals surface area contributed by atoms with Crippen LogP contribution < -0.4 is 56.5 Å². The van der Waals surface area contributed by atoms with Crippen molar-refractivity contribution in [3.05, 3.63) is 29.3 Å². The summed E-state index contributed by atoms with van der Waals surface area (Å²) in [6, 6.07) is 5.43. The zero-order valence-corrected chi connectivity index (χ0v) is 18.7. The molecule has 4 rings (SSSR count). The third-order valence-corrected chi connectivity index (χ3v) is 7.32. The number of hydrogen-bond donors (Lipinski definition) is 1. The van der Waals surface area contributed by atoms with Crippen molar-refractivity contribution in [1.29, 1.82) is 0 Å². The van der Waals surface area contributed by atoms with Gasteiger partial charge in [0.1, 0.15) is 0 Å². The number of benzene rings is 1. The first-order valence-electron chi connectivity index (χ1n) is 8.73. The van der Waals surface area contributed by atoms with E-state index in [2.05, 4.69) is 6.92 Å². The third kappa shape index (κ3) is 3.63. The third-order valence-electron chi connectivity index (χ3n) is 6.85. The predicted molar refractivity (Wildman–Crippen MR) is 86.9 cm³/mol. The Morgan fingerprint density at radius 1 is 1.24 bits per heavy atom. The van der Waals surface area contributed by atoms with Crippen molar-refractivity contribution in [3.63, 3.8) is 0 Å². The van der Waals surface area contributed by atoms with Crippen LogP contribution in [0.1, 0.15) is 56.1 Å². The van der Waals surface area contributed by atoms with Crippen molar-refractivity contribution >= 4 is 10.4 Å². The normalized spacial score (nSPS) is 36.7. The summed E-state index contributed by atoms with van der Waals surface area (Å²) in [7, 11) is -4.41. The second kappa shape index (κ2) is 7.17. The minimum atomic E-state index is -4.41. The monoisotopic (exact) mass is 390 g/mol. The molecule has 0 saturated heterocycles. The smallest absolute Gasteiger partial charge is 0.872 e. The summed E-state index contributed by atoms with van der Waals surface area (Å²) < 4.78 is 36.5. The quantitative estimate of drug-likeness (QED) is 0.559. The summed E-state index contributed by atoms with van der Waals surface area (Å²) in [6.45, 7) is 2.12. The van der Waals surface area contributed by atoms with Crippen LogP contribution >= 0.6 is 0 Å². The zero-order chi connectivity index (χ0) is 17.1. The molecule has 0 bridgehead atoms. The maximum atomic E-state index is 11.6. The van der Waals surface area contributed by atoms with E-state index >= 15 is 0 Å². The molecule has 1 aromatic carbocycles. The van der Waals surface area contributed by atoms with Crippen LogP contribution in [0.25, 0.3) is 0 Å². The van der Waals surface area contributed by atoms with Crippen LogP contribution in [0.5, 0.6) is 5.75 Å². The number of hydrogen-bond acceptors (Lipinski definition) is 4. The van der Waals surface area contributed by atoms with Crippen LogP contribution in [0.2, 0.25) is 0 Å². The number of fused-ring (bicyclic) bond motifs is 5. The van der Waals surface area contributed by atoms with Crippen molar-refractivity contribution in [1.82, 2.24) is 0 Å². The largest absolute Gasteiger partial charge is 1.00 e. The minimum Gasteiger partial charge on any atom is -0.872 e. The first-order valence-corrected chi connectivity index (χ1v) is 10.1. The molecule has 1 aromatic rings. The molecule has 132 valence electrons. The van der Waals surface area contributed by atoms with E-state index in [0.717, 1.165) is 32.1 Å². The molecule has 0 unspecified atom stereocenters. The SMILES string of the molecule is C[C@]12CC[C@@H]3c4ccc([O-])cc4CC[C@H]3[C@@H]1CC[C@@H]2OS(=O)(=O)O.[K+]. The van der Waals surface area contributed by atoms with E-state index in [0.29, 0.717) is 24.2 Å². The molecule has 7 heteroatoms. The summed E-state index contributed by atoms with van der Waals surface area (Å²) >= 11 is 0. The standard InChI is InChI=1S/C18H24O5S.K/c1-18-9-8-14-13-5-3-12(19)10-11(13)2-4-15(14)16(18)6-7-17(18)23-24(20,21)22;/h3,5,10,14-17,19H,2,4,6-9H2,1H3,(H,20,21,22);/q;+1/p-1/t14-,15-,16+,17+,18+;/m1./s1. The van der Waals surface area contributed by atoms with Crippen LogP contribution in [0.3, 0.4) is 0 Å². The Labute approximate surface area is 191 Å². The molecule has 0 radical (unpaired) electrons. The molecule has 25 heavy (non-hydrogen) atoms. The van der Waals surface area contributed by atoms with Gasteiger partial charge < -0.3 is 5.11 Å². The molecule has 2 saturated carbocycles. The predicted octanol–water partition coefficient (Wildman–Crippen LogP) is -0.192. The van der Waals surface area contributed by atoms with E-state index in [1.807, 2.05) is 6.07 Å². The summed E-state index contributed by atoms with van der Waals surface area (Å²) in [4.78, 5) is 0. The van der Waals surface area contributed by atoms with E-state index < -0.39 is 16.5 Å². The molecule has 5 atom stereocenters. The Hall–Kier alpha value is 0.526. The maximum absolute atomic E-state index is 11.6. The zero-order valence-electron chi connectivity index (χ0n) is 14.8. The van der Waals surface area contributed by atoms with Crippen LogP contribution in [0, 0.1) is 17.3 Å². The molecule has 0 aliphatic heterocycles. The Balaban J connectivity index is 0.00000182. The topological polar surface area (TPSA) is 86.7 Å².